The van der Waals surface area contributed by atoms with E-state index in [4.69, 9.17) is 14.8 Å². The molecule has 172 valence electrons. The molecule has 0 unspecified atom stereocenters. The molecule has 5 aromatic rings. The van der Waals surface area contributed by atoms with E-state index in [0.717, 1.165) is 33.2 Å². The molecule has 3 N–H and O–H groups in total. The normalized spacial score (nSPS) is 11.3. The van der Waals surface area contributed by atoms with Crippen LogP contribution in [0.5, 0.6) is 5.75 Å². The van der Waals surface area contributed by atoms with Crippen LogP contribution in [0, 0.1) is 6.92 Å². The maximum Gasteiger partial charge on any atom is 0.258 e. The van der Waals surface area contributed by atoms with E-state index in [-0.39, 0.29) is 18.6 Å². The van der Waals surface area contributed by atoms with E-state index in [9.17, 15) is 4.79 Å². The number of aromatic amines is 1. The quantitative estimate of drug-likeness (QED) is 0.339. The molecule has 0 bridgehead atoms. The molecule has 0 aliphatic rings. The molecule has 34 heavy (non-hydrogen) atoms. The summed E-state index contributed by atoms with van der Waals surface area (Å²) in [7, 11) is 0. The highest BCUT2D eigenvalue weighted by molar-refractivity contribution is 5.84. The number of hydrogen-bond acceptors (Lipinski definition) is 6. The number of anilines is 2. The van der Waals surface area contributed by atoms with E-state index < -0.39 is 0 Å². The van der Waals surface area contributed by atoms with Crippen molar-refractivity contribution in [2.45, 2.75) is 26.8 Å². The van der Waals surface area contributed by atoms with Crippen LogP contribution >= 0.6 is 0 Å². The Morgan fingerprint density at radius 1 is 1.18 bits per heavy atom. The summed E-state index contributed by atoms with van der Waals surface area (Å²) in [6.45, 7) is 5.79. The van der Waals surface area contributed by atoms with E-state index >= 15 is 0 Å². The van der Waals surface area contributed by atoms with Crippen LogP contribution in [0.3, 0.4) is 0 Å². The first-order valence-electron chi connectivity index (χ1n) is 11.0. The second kappa shape index (κ2) is 8.86. The van der Waals surface area contributed by atoms with Gasteiger partial charge in [0.15, 0.2) is 18.2 Å². The van der Waals surface area contributed by atoms with Crippen LogP contribution in [0.2, 0.25) is 0 Å². The summed E-state index contributed by atoms with van der Waals surface area (Å²) in [5.74, 6) is 1.63. The van der Waals surface area contributed by atoms with Crippen LogP contribution in [0.4, 0.5) is 11.5 Å². The van der Waals surface area contributed by atoms with Crippen LogP contribution in [-0.4, -0.2) is 43.4 Å². The molecule has 0 saturated heterocycles. The molecule has 0 radical (unpaired) electrons. The van der Waals surface area contributed by atoms with Crippen molar-refractivity contribution in [3.63, 3.8) is 0 Å². The molecule has 2 aromatic carbocycles. The van der Waals surface area contributed by atoms with E-state index in [1.807, 2.05) is 80.0 Å². The fourth-order valence-electron chi connectivity index (χ4n) is 3.74. The summed E-state index contributed by atoms with van der Waals surface area (Å²) in [4.78, 5) is 16.8. The number of rotatable bonds is 7. The predicted molar refractivity (Wildman–Crippen MR) is 131 cm³/mol. The van der Waals surface area contributed by atoms with Gasteiger partial charge in [-0.2, -0.15) is 5.10 Å². The fraction of sp³-hybridized carbons (Fsp3) is 0.200. The van der Waals surface area contributed by atoms with Crippen molar-refractivity contribution < 1.29 is 9.53 Å². The number of nitrogens with one attached hydrogen (secondary N) is 3. The minimum atomic E-state index is -0.165. The van der Waals surface area contributed by atoms with Crippen LogP contribution in [0.1, 0.15) is 19.4 Å². The van der Waals surface area contributed by atoms with Gasteiger partial charge in [0.25, 0.3) is 5.91 Å². The molecule has 9 nitrogen and oxygen atoms in total. The summed E-state index contributed by atoms with van der Waals surface area (Å²) >= 11 is 0. The average molecular weight is 456 g/mol. The molecule has 1 amide bonds. The van der Waals surface area contributed by atoms with Crippen molar-refractivity contribution in [3.8, 4) is 17.1 Å². The number of nitrogens with zero attached hydrogens (tertiary/aromatic N) is 4. The van der Waals surface area contributed by atoms with Gasteiger partial charge in [-0.3, -0.25) is 9.89 Å². The number of amides is 1. The molecule has 0 fully saturated rings. The van der Waals surface area contributed by atoms with Crippen molar-refractivity contribution in [3.05, 3.63) is 66.5 Å². The van der Waals surface area contributed by atoms with Crippen LogP contribution < -0.4 is 15.4 Å². The number of hydrogen-bond donors (Lipinski definition) is 3. The Bertz CT molecular complexity index is 1490. The molecular formula is C25H25N7O2. The number of aryl methyl sites for hydroxylation is 1. The first-order valence-corrected chi connectivity index (χ1v) is 11.0. The highest BCUT2D eigenvalue weighted by atomic mass is 16.5. The van der Waals surface area contributed by atoms with Gasteiger partial charge in [0, 0.05) is 28.9 Å². The van der Waals surface area contributed by atoms with Gasteiger partial charge in [0.1, 0.15) is 11.3 Å². The van der Waals surface area contributed by atoms with Crippen molar-refractivity contribution >= 4 is 33.8 Å². The number of benzene rings is 2. The van der Waals surface area contributed by atoms with Crippen molar-refractivity contribution in [1.82, 2.24) is 30.1 Å². The standard InChI is InChI=1S/C25H25N7O2/c1-15(2)27-23(33)14-34-20-6-4-5-17(11-20)24-29-25(22-9-16(3)13-32(22)31-24)28-19-7-8-21-18(10-19)12-26-30-21/h4-13,15H,14H2,1-3H3,(H,26,30)(H,27,33)(H,28,29,31). The maximum atomic E-state index is 11.9. The van der Waals surface area contributed by atoms with Crippen LogP contribution in [0.25, 0.3) is 27.8 Å². The number of aromatic nitrogens is 5. The molecule has 0 saturated carbocycles. The Hall–Kier alpha value is -4.40. The lowest BCUT2D eigenvalue weighted by Crippen LogP contribution is -2.34. The molecule has 9 heteroatoms. The van der Waals surface area contributed by atoms with Crippen molar-refractivity contribution in [1.29, 1.82) is 0 Å². The van der Waals surface area contributed by atoms with Gasteiger partial charge in [-0.25, -0.2) is 9.50 Å². The zero-order valence-electron chi connectivity index (χ0n) is 19.2. The molecule has 0 spiro atoms. The summed E-state index contributed by atoms with van der Waals surface area (Å²) < 4.78 is 7.50. The Labute approximate surface area is 196 Å². The maximum absolute atomic E-state index is 11.9. The van der Waals surface area contributed by atoms with Crippen LogP contribution in [0.15, 0.2) is 60.9 Å². The number of fused-ring (bicyclic) bond motifs is 2. The minimum absolute atomic E-state index is 0.0540. The second-order valence-corrected chi connectivity index (χ2v) is 8.47. The Morgan fingerprint density at radius 2 is 2.06 bits per heavy atom. The van der Waals surface area contributed by atoms with Crippen LogP contribution in [-0.2, 0) is 4.79 Å². The zero-order chi connectivity index (χ0) is 23.7. The van der Waals surface area contributed by atoms with Gasteiger partial charge in [-0.05, 0) is 62.7 Å². The second-order valence-electron chi connectivity index (χ2n) is 8.47. The lowest BCUT2D eigenvalue weighted by Gasteiger charge is -2.12. The molecular weight excluding hydrogens is 430 g/mol. The van der Waals surface area contributed by atoms with Gasteiger partial charge in [-0.15, -0.1) is 5.10 Å². The number of carbonyl (C=O) groups excluding carboxylic acids is 1. The summed E-state index contributed by atoms with van der Waals surface area (Å²) in [5.41, 5.74) is 4.59. The Balaban J connectivity index is 1.46. The van der Waals surface area contributed by atoms with E-state index in [0.29, 0.717) is 17.4 Å². The van der Waals surface area contributed by atoms with Gasteiger partial charge in [0.2, 0.25) is 0 Å². The topological polar surface area (TPSA) is 109 Å². The number of H-pyrrole nitrogens is 1. The van der Waals surface area contributed by atoms with E-state index in [1.54, 1.807) is 6.20 Å². The van der Waals surface area contributed by atoms with Gasteiger partial charge in [-0.1, -0.05) is 12.1 Å². The first kappa shape index (κ1) is 21.4. The Kier molecular flexibility index (Phi) is 5.59. The smallest absolute Gasteiger partial charge is 0.258 e. The van der Waals surface area contributed by atoms with Gasteiger partial charge in [0.05, 0.1) is 11.7 Å². The molecule has 5 rings (SSSR count). The number of ether oxygens (including phenoxy) is 1. The average Bonchev–Trinajstić information content (AvgIpc) is 3.42. The lowest BCUT2D eigenvalue weighted by atomic mass is 10.2. The third kappa shape index (κ3) is 4.54. The molecule has 3 heterocycles. The summed E-state index contributed by atoms with van der Waals surface area (Å²) in [6.07, 6.45) is 3.75. The third-order valence-corrected chi connectivity index (χ3v) is 5.21. The highest BCUT2D eigenvalue weighted by Crippen LogP contribution is 2.27. The molecule has 0 aliphatic carbocycles. The SMILES string of the molecule is Cc1cc2c(Nc3ccc4[nH]ncc4c3)nc(-c3cccc(OCC(=O)NC(C)C)c3)nn2c1. The van der Waals surface area contributed by atoms with Gasteiger partial charge < -0.3 is 15.4 Å². The van der Waals surface area contributed by atoms with E-state index in [2.05, 4.69) is 20.8 Å². The van der Waals surface area contributed by atoms with Crippen molar-refractivity contribution in [2.75, 3.05) is 11.9 Å². The fourth-order valence-corrected chi connectivity index (χ4v) is 3.74. The highest BCUT2D eigenvalue weighted by Gasteiger charge is 2.13. The largest absolute Gasteiger partial charge is 0.484 e. The summed E-state index contributed by atoms with van der Waals surface area (Å²) in [6, 6.07) is 15.5. The summed E-state index contributed by atoms with van der Waals surface area (Å²) in [5, 5.41) is 19.0. The van der Waals surface area contributed by atoms with Crippen molar-refractivity contribution in [2.24, 2.45) is 0 Å². The molecule has 3 aromatic heterocycles. The third-order valence-electron chi connectivity index (χ3n) is 5.21. The monoisotopic (exact) mass is 455 g/mol. The minimum Gasteiger partial charge on any atom is -0.484 e. The Morgan fingerprint density at radius 3 is 2.91 bits per heavy atom. The van der Waals surface area contributed by atoms with Gasteiger partial charge >= 0.3 is 0 Å². The first-order chi connectivity index (χ1) is 16.4. The van der Waals surface area contributed by atoms with E-state index in [1.165, 1.54) is 0 Å². The predicted octanol–water partition coefficient (Wildman–Crippen LogP) is 4.23. The molecule has 0 atom stereocenters. The molecule has 0 aliphatic heterocycles. The zero-order valence-corrected chi connectivity index (χ0v) is 19.2. The number of carbonyl (C=O) groups is 1. The lowest BCUT2D eigenvalue weighted by molar-refractivity contribution is -0.123.